The first-order valence-corrected chi connectivity index (χ1v) is 14.9. The lowest BCUT2D eigenvalue weighted by molar-refractivity contribution is 0.0209. The third kappa shape index (κ3) is 6.39. The van der Waals surface area contributed by atoms with Crippen LogP contribution in [0.2, 0.25) is 0 Å². The average molecular weight is 619 g/mol. The lowest BCUT2D eigenvalue weighted by Gasteiger charge is -2.35. The van der Waals surface area contributed by atoms with Crippen LogP contribution in [0, 0.1) is 12.8 Å². The van der Waals surface area contributed by atoms with Gasteiger partial charge in [0.05, 0.1) is 19.3 Å². The topological polar surface area (TPSA) is 81.7 Å². The van der Waals surface area contributed by atoms with E-state index in [0.717, 1.165) is 88.0 Å². The molecule has 6 rings (SSSR count). The molecule has 1 aliphatic carbocycles. The van der Waals surface area contributed by atoms with Gasteiger partial charge in [0, 0.05) is 79.9 Å². The molecule has 5 heterocycles. The van der Waals surface area contributed by atoms with E-state index in [9.17, 15) is 0 Å². The number of piperidine rings is 1. The fourth-order valence-corrected chi connectivity index (χ4v) is 6.07. The van der Waals surface area contributed by atoms with Crippen LogP contribution < -0.4 is 20.4 Å². The van der Waals surface area contributed by atoms with E-state index in [1.165, 1.54) is 37.7 Å². The third-order valence-corrected chi connectivity index (χ3v) is 9.00. The molecule has 1 saturated carbocycles. The van der Waals surface area contributed by atoms with Crippen LogP contribution in [0.25, 0.3) is 0 Å². The number of hydrogen-bond donors (Lipinski definition) is 2. The van der Waals surface area contributed by atoms with Crippen molar-refractivity contribution in [3.05, 3.63) is 29.5 Å². The normalized spacial score (nSPS) is 23.5. The van der Waals surface area contributed by atoms with E-state index in [2.05, 4.69) is 65.5 Å². The number of rotatable bonds is 8. The molecule has 2 aromatic rings. The van der Waals surface area contributed by atoms with E-state index >= 15 is 0 Å². The highest BCUT2D eigenvalue weighted by Crippen LogP contribution is 2.29. The first-order valence-electron chi connectivity index (χ1n) is 14.0. The van der Waals surface area contributed by atoms with Gasteiger partial charge in [-0.3, -0.25) is 0 Å². The van der Waals surface area contributed by atoms with E-state index in [1.54, 1.807) is 0 Å². The van der Waals surface area contributed by atoms with Crippen molar-refractivity contribution in [2.75, 3.05) is 72.9 Å². The Morgan fingerprint density at radius 3 is 2.38 bits per heavy atom. The lowest BCUT2D eigenvalue weighted by atomic mass is 9.91. The van der Waals surface area contributed by atoms with Crippen LogP contribution in [0.4, 0.5) is 23.4 Å². The number of hydrogen-bond acceptors (Lipinski definition) is 9. The molecule has 4 aliphatic rings. The molecular formula is C27H39IN8O. The summed E-state index contributed by atoms with van der Waals surface area (Å²) in [6.07, 6.45) is 7.31. The Hall–Kier alpha value is -1.92. The van der Waals surface area contributed by atoms with Crippen molar-refractivity contribution in [2.24, 2.45) is 5.92 Å². The maximum absolute atomic E-state index is 5.31. The van der Waals surface area contributed by atoms with E-state index < -0.39 is 0 Å². The standard InChI is InChI=1S/C27H39IN8O/c1-19-12-24(31-23-17-37-18-23)33-27(29-19)35-7-3-4-20(16-35)13-21-14-25(30-22-5-2-6-22)32-26(15-21)34-8-10-36(28)11-9-34/h12,14-15,20,22-23H,2-11,13,16-18H2,1H3,(H,30,32)(H,29,31,33). The number of nitrogens with one attached hydrogen (secondary N) is 2. The number of ether oxygens (including phenoxy) is 1. The molecule has 200 valence electrons. The Kier molecular flexibility index (Phi) is 7.85. The smallest absolute Gasteiger partial charge is 0.227 e. The summed E-state index contributed by atoms with van der Waals surface area (Å²) < 4.78 is 7.69. The highest BCUT2D eigenvalue weighted by Gasteiger charge is 2.26. The molecule has 0 radical (unpaired) electrons. The second kappa shape index (κ2) is 11.4. The molecule has 37 heavy (non-hydrogen) atoms. The van der Waals surface area contributed by atoms with Gasteiger partial charge in [0.2, 0.25) is 5.95 Å². The summed E-state index contributed by atoms with van der Waals surface area (Å²) >= 11 is 2.44. The van der Waals surface area contributed by atoms with Gasteiger partial charge in [-0.05, 0) is 69.1 Å². The molecule has 10 heteroatoms. The summed E-state index contributed by atoms with van der Waals surface area (Å²) in [5, 5.41) is 7.22. The van der Waals surface area contributed by atoms with E-state index in [-0.39, 0.29) is 0 Å². The van der Waals surface area contributed by atoms with Gasteiger partial charge >= 0.3 is 0 Å². The van der Waals surface area contributed by atoms with Crippen LogP contribution in [-0.2, 0) is 11.2 Å². The van der Waals surface area contributed by atoms with Gasteiger partial charge in [-0.2, -0.15) is 4.98 Å². The molecule has 1 atom stereocenters. The van der Waals surface area contributed by atoms with Crippen molar-refractivity contribution in [1.82, 2.24) is 18.1 Å². The SMILES string of the molecule is Cc1cc(NC2COC2)nc(N2CCCC(Cc3cc(NC4CCC4)nc(N4CCN(I)CC4)c3)C2)n1. The van der Waals surface area contributed by atoms with E-state index in [1.807, 2.05) is 6.07 Å². The summed E-state index contributed by atoms with van der Waals surface area (Å²) in [6.45, 7) is 9.80. The highest BCUT2D eigenvalue weighted by molar-refractivity contribution is 14.1. The van der Waals surface area contributed by atoms with Crippen molar-refractivity contribution in [3.63, 3.8) is 0 Å². The Morgan fingerprint density at radius 1 is 0.865 bits per heavy atom. The van der Waals surface area contributed by atoms with Crippen LogP contribution in [0.5, 0.6) is 0 Å². The lowest BCUT2D eigenvalue weighted by Crippen LogP contribution is -2.42. The highest BCUT2D eigenvalue weighted by atomic mass is 127. The van der Waals surface area contributed by atoms with Gasteiger partial charge in [0.1, 0.15) is 17.5 Å². The van der Waals surface area contributed by atoms with Crippen molar-refractivity contribution in [3.8, 4) is 0 Å². The largest absolute Gasteiger partial charge is 0.377 e. The second-order valence-electron chi connectivity index (χ2n) is 11.1. The minimum absolute atomic E-state index is 0.361. The number of piperazine rings is 1. The minimum atomic E-state index is 0.361. The molecular weight excluding hydrogens is 579 g/mol. The van der Waals surface area contributed by atoms with Crippen LogP contribution in [-0.4, -0.2) is 82.6 Å². The number of anilines is 4. The van der Waals surface area contributed by atoms with Crippen LogP contribution >= 0.6 is 22.9 Å². The Bertz CT molecular complexity index is 1070. The molecule has 1 unspecified atom stereocenters. The molecule has 0 amide bonds. The summed E-state index contributed by atoms with van der Waals surface area (Å²) in [5.41, 5.74) is 2.40. The quantitative estimate of drug-likeness (QED) is 0.339. The van der Waals surface area contributed by atoms with Crippen molar-refractivity contribution < 1.29 is 4.74 Å². The summed E-state index contributed by atoms with van der Waals surface area (Å²) in [5.74, 6) is 4.53. The molecule has 0 spiro atoms. The molecule has 4 fully saturated rings. The number of aryl methyl sites for hydroxylation is 1. The molecule has 9 nitrogen and oxygen atoms in total. The fraction of sp³-hybridized carbons (Fsp3) is 0.667. The predicted molar refractivity (Wildman–Crippen MR) is 157 cm³/mol. The number of halogens is 1. The molecule has 3 saturated heterocycles. The average Bonchev–Trinajstić information content (AvgIpc) is 2.84. The maximum atomic E-state index is 5.31. The van der Waals surface area contributed by atoms with Crippen LogP contribution in [0.1, 0.15) is 43.4 Å². The van der Waals surface area contributed by atoms with Gasteiger partial charge in [-0.25, -0.2) is 13.1 Å². The fourth-order valence-electron chi connectivity index (χ4n) is 5.64. The Labute approximate surface area is 234 Å². The van der Waals surface area contributed by atoms with Gasteiger partial charge in [0.15, 0.2) is 0 Å². The predicted octanol–water partition coefficient (Wildman–Crippen LogP) is 3.89. The molecule has 0 aromatic carbocycles. The number of aromatic nitrogens is 3. The van der Waals surface area contributed by atoms with Crippen LogP contribution in [0.15, 0.2) is 18.2 Å². The summed E-state index contributed by atoms with van der Waals surface area (Å²) in [7, 11) is 0. The van der Waals surface area contributed by atoms with Crippen molar-refractivity contribution >= 4 is 46.3 Å². The Balaban J connectivity index is 1.16. The van der Waals surface area contributed by atoms with Gasteiger partial charge < -0.3 is 25.2 Å². The first kappa shape index (κ1) is 25.4. The van der Waals surface area contributed by atoms with Gasteiger partial charge in [-0.15, -0.1) is 0 Å². The van der Waals surface area contributed by atoms with Gasteiger partial charge in [-0.1, -0.05) is 0 Å². The zero-order chi connectivity index (χ0) is 25.2. The number of nitrogens with zero attached hydrogens (tertiary/aromatic N) is 6. The third-order valence-electron chi connectivity index (χ3n) is 8.04. The van der Waals surface area contributed by atoms with Crippen molar-refractivity contribution in [1.29, 1.82) is 0 Å². The first-order chi connectivity index (χ1) is 18.1. The van der Waals surface area contributed by atoms with E-state index in [4.69, 9.17) is 19.7 Å². The second-order valence-corrected chi connectivity index (χ2v) is 12.5. The zero-order valence-electron chi connectivity index (χ0n) is 21.8. The maximum Gasteiger partial charge on any atom is 0.227 e. The molecule has 3 aliphatic heterocycles. The van der Waals surface area contributed by atoms with E-state index in [0.29, 0.717) is 18.0 Å². The van der Waals surface area contributed by atoms with Crippen molar-refractivity contribution in [2.45, 2.75) is 57.5 Å². The summed E-state index contributed by atoms with van der Waals surface area (Å²) in [4.78, 5) is 19.6. The molecule has 2 N–H and O–H groups in total. The van der Waals surface area contributed by atoms with Gasteiger partial charge in [0.25, 0.3) is 0 Å². The molecule has 2 aromatic heterocycles. The Morgan fingerprint density at radius 2 is 1.65 bits per heavy atom. The van der Waals surface area contributed by atoms with Crippen LogP contribution in [0.3, 0.4) is 0 Å². The molecule has 0 bridgehead atoms. The summed E-state index contributed by atoms with van der Waals surface area (Å²) in [6, 6.07) is 7.64. The minimum Gasteiger partial charge on any atom is -0.377 e. The number of pyridine rings is 1. The zero-order valence-corrected chi connectivity index (χ0v) is 24.0. The monoisotopic (exact) mass is 618 g/mol.